The van der Waals surface area contributed by atoms with Crippen LogP contribution in [0.1, 0.15) is 22.3 Å². The van der Waals surface area contributed by atoms with Crippen LogP contribution in [0, 0.1) is 11.8 Å². The van der Waals surface area contributed by atoms with Crippen molar-refractivity contribution in [1.82, 2.24) is 4.90 Å². The van der Waals surface area contributed by atoms with E-state index in [1.165, 1.54) is 18.1 Å². The van der Waals surface area contributed by atoms with Gasteiger partial charge in [-0.25, -0.2) is 4.79 Å². The molecule has 0 saturated carbocycles. The number of likely N-dealkylation sites (N-methyl/N-ethyl adjacent to an activating group) is 1. The van der Waals surface area contributed by atoms with Crippen LogP contribution >= 0.6 is 0 Å². The number of amides is 2. The second-order valence-corrected chi connectivity index (χ2v) is 10.6. The van der Waals surface area contributed by atoms with Crippen LogP contribution in [0.4, 0.5) is 10.5 Å². The van der Waals surface area contributed by atoms with Crippen LogP contribution in [0.15, 0.2) is 59.1 Å². The van der Waals surface area contributed by atoms with E-state index in [4.69, 9.17) is 5.73 Å². The van der Waals surface area contributed by atoms with Crippen molar-refractivity contribution in [1.29, 1.82) is 0 Å². The molecule has 12 nitrogen and oxygen atoms in total. The van der Waals surface area contributed by atoms with Crippen LogP contribution in [-0.2, 0) is 20.7 Å². The molecule has 0 fully saturated rings. The molecule has 0 heterocycles. The maximum atomic E-state index is 13.9. The highest BCUT2D eigenvalue weighted by Crippen LogP contribution is 2.53. The number of allylic oxidation sites excluding steroid dienone is 1. The summed E-state index contributed by atoms with van der Waals surface area (Å²) < 4.78 is 4.60. The maximum Gasteiger partial charge on any atom is 0.411 e. The van der Waals surface area contributed by atoms with E-state index < -0.39 is 64.1 Å². The molecular weight excluding hydrogens is 534 g/mol. The van der Waals surface area contributed by atoms with E-state index in [0.29, 0.717) is 22.4 Å². The van der Waals surface area contributed by atoms with Crippen molar-refractivity contribution in [2.24, 2.45) is 17.6 Å². The molecule has 214 valence electrons. The lowest BCUT2D eigenvalue weighted by molar-refractivity contribution is -0.148. The smallest absolute Gasteiger partial charge is 0.411 e. The fraction of sp³-hybridized carbons (Fsp3) is 0.310. The number of aromatic hydroxyl groups is 1. The predicted molar refractivity (Wildman–Crippen MR) is 145 cm³/mol. The van der Waals surface area contributed by atoms with Gasteiger partial charge in [-0.2, -0.15) is 0 Å². The van der Waals surface area contributed by atoms with Gasteiger partial charge in [0.25, 0.3) is 5.91 Å². The van der Waals surface area contributed by atoms with Crippen molar-refractivity contribution in [3.8, 4) is 16.9 Å². The molecule has 0 radical (unpaired) electrons. The molecule has 7 N–H and O–H groups in total. The molecule has 0 saturated heterocycles. The van der Waals surface area contributed by atoms with E-state index in [2.05, 4.69) is 10.1 Å². The Kier molecular flexibility index (Phi) is 6.63. The number of Topliss-reactive ketones (excluding diaryl/α,β-unsaturated/α-hetero) is 2. The highest BCUT2D eigenvalue weighted by Gasteiger charge is 2.63. The number of primary amides is 1. The topological polar surface area (TPSA) is 200 Å². The molecule has 3 aliphatic carbocycles. The van der Waals surface area contributed by atoms with Crippen LogP contribution in [0.25, 0.3) is 11.1 Å². The third-order valence-corrected chi connectivity index (χ3v) is 8.23. The number of anilines is 1. The predicted octanol–water partition coefficient (Wildman–Crippen LogP) is 1.97. The van der Waals surface area contributed by atoms with Crippen LogP contribution in [0.5, 0.6) is 5.75 Å². The summed E-state index contributed by atoms with van der Waals surface area (Å²) in [6.45, 7) is 0. The highest BCUT2D eigenvalue weighted by atomic mass is 16.5. The number of hydrogen-bond acceptors (Lipinski definition) is 10. The van der Waals surface area contributed by atoms with E-state index in [1.807, 2.05) is 0 Å². The zero-order chi connectivity index (χ0) is 30.0. The minimum Gasteiger partial charge on any atom is -0.510 e. The largest absolute Gasteiger partial charge is 0.510 e. The molecule has 2 aromatic rings. The van der Waals surface area contributed by atoms with Crippen molar-refractivity contribution in [2.75, 3.05) is 26.5 Å². The molecule has 0 unspecified atom stereocenters. The minimum atomic E-state index is -2.69. The summed E-state index contributed by atoms with van der Waals surface area (Å²) in [5, 5.41) is 47.3. The molecule has 0 aromatic heterocycles. The Morgan fingerprint density at radius 1 is 1.07 bits per heavy atom. The highest BCUT2D eigenvalue weighted by molar-refractivity contribution is 6.25. The molecule has 3 aliphatic rings. The number of rotatable bonds is 4. The summed E-state index contributed by atoms with van der Waals surface area (Å²) in [6.07, 6.45) is -0.494. The number of nitrogens with zero attached hydrogens (tertiary/aromatic N) is 1. The number of benzene rings is 2. The Bertz CT molecular complexity index is 1570. The van der Waals surface area contributed by atoms with Gasteiger partial charge in [0.2, 0.25) is 5.78 Å². The van der Waals surface area contributed by atoms with Gasteiger partial charge in [0.1, 0.15) is 22.8 Å². The van der Waals surface area contributed by atoms with Gasteiger partial charge in [-0.15, -0.1) is 0 Å². The van der Waals surface area contributed by atoms with E-state index in [0.717, 1.165) is 0 Å². The van der Waals surface area contributed by atoms with Crippen LogP contribution in [0.2, 0.25) is 0 Å². The average Bonchev–Trinajstić information content (AvgIpc) is 2.91. The summed E-state index contributed by atoms with van der Waals surface area (Å²) in [6, 6.07) is 8.66. The quantitative estimate of drug-likeness (QED) is 0.299. The summed E-state index contributed by atoms with van der Waals surface area (Å²) in [5.41, 5.74) is 3.78. The van der Waals surface area contributed by atoms with Crippen molar-refractivity contribution >= 4 is 29.3 Å². The molecule has 4 atom stereocenters. The number of phenols is 1. The zero-order valence-corrected chi connectivity index (χ0v) is 22.5. The molecule has 2 amide bonds. The summed E-state index contributed by atoms with van der Waals surface area (Å²) in [7, 11) is 4.39. The second-order valence-electron chi connectivity index (χ2n) is 10.6. The average molecular weight is 564 g/mol. The van der Waals surface area contributed by atoms with Crippen LogP contribution in [0.3, 0.4) is 0 Å². The van der Waals surface area contributed by atoms with Crippen molar-refractivity contribution in [3.63, 3.8) is 0 Å². The summed E-state index contributed by atoms with van der Waals surface area (Å²) in [4.78, 5) is 52.4. The normalized spacial score (nSPS) is 25.4. The number of fused-ring (bicyclic) bond motifs is 3. The van der Waals surface area contributed by atoms with E-state index in [9.17, 15) is 39.6 Å². The second kappa shape index (κ2) is 9.75. The maximum absolute atomic E-state index is 13.9. The fourth-order valence-corrected chi connectivity index (χ4v) is 6.42. The van der Waals surface area contributed by atoms with Crippen LogP contribution in [-0.4, -0.2) is 81.7 Å². The molecular formula is C29H29N3O9. The first-order valence-corrected chi connectivity index (χ1v) is 12.8. The van der Waals surface area contributed by atoms with Gasteiger partial charge in [0.05, 0.1) is 18.7 Å². The lowest BCUT2D eigenvalue weighted by Crippen LogP contribution is -2.63. The standard InChI is InChI=1S/C29H29N3O9/c1-32(2)22-17-11-13-10-16-15(12-4-6-14(7-5-12)31-28(39)41-3)8-9-18(33)20(16)23(34)19(13)25(36)29(17,40)26(37)21(24(22)35)27(30)38/h4-9,13,17,22,33,35-36,40H,10-11H2,1-3H3,(H2,30,38)(H,31,39)/t13-,17-,22-,29-/m1/s1. The van der Waals surface area contributed by atoms with Gasteiger partial charge >= 0.3 is 6.09 Å². The minimum absolute atomic E-state index is 0.0111. The Morgan fingerprint density at radius 2 is 1.73 bits per heavy atom. The summed E-state index contributed by atoms with van der Waals surface area (Å²) in [5.74, 6) is -7.02. The van der Waals surface area contributed by atoms with Gasteiger partial charge in [-0.05, 0) is 67.7 Å². The molecule has 12 heteroatoms. The Morgan fingerprint density at radius 3 is 2.32 bits per heavy atom. The molecule has 0 spiro atoms. The fourth-order valence-electron chi connectivity index (χ4n) is 6.42. The lowest BCUT2D eigenvalue weighted by Gasteiger charge is -2.50. The number of carbonyl (C=O) groups excluding carboxylic acids is 4. The number of hydrogen-bond donors (Lipinski definition) is 6. The first kappa shape index (κ1) is 27.9. The molecule has 41 heavy (non-hydrogen) atoms. The van der Waals surface area contributed by atoms with Crippen molar-refractivity contribution in [3.05, 3.63) is 70.2 Å². The Labute approximate surface area is 234 Å². The van der Waals surface area contributed by atoms with E-state index >= 15 is 0 Å². The first-order chi connectivity index (χ1) is 19.3. The number of phenolic OH excluding ortho intramolecular Hbond substituents is 1. The van der Waals surface area contributed by atoms with Gasteiger partial charge < -0.3 is 30.9 Å². The molecule has 5 rings (SSSR count). The Hall–Kier alpha value is -4.68. The van der Waals surface area contributed by atoms with Crippen molar-refractivity contribution in [2.45, 2.75) is 24.5 Å². The summed E-state index contributed by atoms with van der Waals surface area (Å²) >= 11 is 0. The number of nitrogens with two attached hydrogens (primary N) is 1. The third kappa shape index (κ3) is 4.06. The number of aliphatic hydroxyl groups is 3. The Balaban J connectivity index is 1.64. The zero-order valence-electron chi connectivity index (χ0n) is 22.5. The monoisotopic (exact) mass is 563 g/mol. The van der Waals surface area contributed by atoms with Gasteiger partial charge in [0, 0.05) is 17.2 Å². The molecule has 2 aromatic carbocycles. The lowest BCUT2D eigenvalue weighted by atomic mass is 9.58. The van der Waals surface area contributed by atoms with Gasteiger partial charge in [-0.1, -0.05) is 18.2 Å². The molecule has 0 aliphatic heterocycles. The number of ether oxygens (including phenoxy) is 1. The number of ketones is 2. The first-order valence-electron chi connectivity index (χ1n) is 12.8. The van der Waals surface area contributed by atoms with Gasteiger partial charge in [-0.3, -0.25) is 24.6 Å². The van der Waals surface area contributed by atoms with Crippen LogP contribution < -0.4 is 11.1 Å². The third-order valence-electron chi connectivity index (χ3n) is 8.23. The number of methoxy groups -OCH3 is 1. The number of carbonyl (C=O) groups is 4. The van der Waals surface area contributed by atoms with Crippen molar-refractivity contribution < 1.29 is 44.3 Å². The van der Waals surface area contributed by atoms with Gasteiger partial charge in [0.15, 0.2) is 11.4 Å². The number of aliphatic hydroxyl groups excluding tert-OH is 2. The van der Waals surface area contributed by atoms with E-state index in [-0.39, 0.29) is 29.7 Å². The molecule has 0 bridgehead atoms. The van der Waals surface area contributed by atoms with E-state index in [1.54, 1.807) is 44.4 Å². The number of nitrogens with one attached hydrogen (secondary N) is 1. The SMILES string of the molecule is COC(=O)Nc1ccc(-c2ccc(O)c3c2C[C@@H]2C[C@@H]4[C@@H](N(C)C)C(O)=C(C(N)=O)C(=O)[C@]4(O)C(O)=C2C3=O)cc1.